The van der Waals surface area contributed by atoms with Gasteiger partial charge in [-0.1, -0.05) is 0 Å². The topological polar surface area (TPSA) is 82.6 Å². The Balaban J connectivity index is 1.36. The van der Waals surface area contributed by atoms with E-state index in [1.807, 2.05) is 35.6 Å². The Morgan fingerprint density at radius 3 is 2.77 bits per heavy atom. The number of aromatic nitrogens is 1. The summed E-state index contributed by atoms with van der Waals surface area (Å²) in [4.78, 5) is 20.0. The van der Waals surface area contributed by atoms with Crippen molar-refractivity contribution in [2.24, 2.45) is 0 Å². The lowest BCUT2D eigenvalue weighted by Crippen LogP contribution is -2.35. The molecular formula is C21H22N4O3S2. The summed E-state index contributed by atoms with van der Waals surface area (Å²) < 4.78 is 26.0. The van der Waals surface area contributed by atoms with Crippen molar-refractivity contribution >= 4 is 38.6 Å². The first-order valence-corrected chi connectivity index (χ1v) is 11.8. The normalized spacial score (nSPS) is 13.9. The van der Waals surface area contributed by atoms with Crippen LogP contribution in [0, 0.1) is 0 Å². The Morgan fingerprint density at radius 2 is 2.03 bits per heavy atom. The molecule has 1 amide bonds. The third-order valence-corrected chi connectivity index (χ3v) is 7.84. The van der Waals surface area contributed by atoms with E-state index in [-0.39, 0.29) is 11.4 Å². The van der Waals surface area contributed by atoms with Crippen molar-refractivity contribution in [3.05, 3.63) is 70.7 Å². The summed E-state index contributed by atoms with van der Waals surface area (Å²) in [6.07, 6.45) is 3.81. The lowest BCUT2D eigenvalue weighted by atomic mass is 10.1. The van der Waals surface area contributed by atoms with Crippen molar-refractivity contribution in [1.82, 2.24) is 9.29 Å². The molecule has 0 saturated heterocycles. The fraction of sp³-hybridized carbons (Fsp3) is 0.238. The second kappa shape index (κ2) is 8.55. The van der Waals surface area contributed by atoms with Crippen LogP contribution >= 0.6 is 11.3 Å². The number of hydrogen-bond donors (Lipinski definition) is 1. The van der Waals surface area contributed by atoms with Crippen molar-refractivity contribution in [3.63, 3.8) is 0 Å². The number of anilines is 2. The molecule has 2 aromatic heterocycles. The number of likely N-dealkylation sites (N-methyl/N-ethyl adjacent to an activating group) is 1. The van der Waals surface area contributed by atoms with Crippen LogP contribution < -0.4 is 10.2 Å². The van der Waals surface area contributed by atoms with E-state index in [1.165, 1.54) is 35.9 Å². The Bertz CT molecular complexity index is 1130. The number of carbonyl (C=O) groups is 1. The first kappa shape index (κ1) is 20.5. The molecule has 0 bridgehead atoms. The highest BCUT2D eigenvalue weighted by atomic mass is 32.2. The average Bonchev–Trinajstić information content (AvgIpc) is 3.22. The minimum atomic E-state index is -3.76. The van der Waals surface area contributed by atoms with Crippen LogP contribution in [-0.4, -0.2) is 43.8 Å². The van der Waals surface area contributed by atoms with Gasteiger partial charge in [-0.2, -0.15) is 4.31 Å². The quantitative estimate of drug-likeness (QED) is 0.635. The number of hydrogen-bond acceptors (Lipinski definition) is 6. The predicted molar refractivity (Wildman–Crippen MR) is 118 cm³/mol. The summed E-state index contributed by atoms with van der Waals surface area (Å²) in [6.45, 7) is 1.57. The number of amides is 1. The molecule has 0 unspecified atom stereocenters. The Kier molecular flexibility index (Phi) is 5.85. The number of sulfonamides is 1. The fourth-order valence-electron chi connectivity index (χ4n) is 3.39. The minimum Gasteiger partial charge on any atom is -0.367 e. The van der Waals surface area contributed by atoms with Gasteiger partial charge in [-0.05, 0) is 59.8 Å². The number of carbonyl (C=O) groups excluding carboxylic acids is 1. The van der Waals surface area contributed by atoms with E-state index < -0.39 is 15.9 Å². The van der Waals surface area contributed by atoms with Gasteiger partial charge in [-0.15, -0.1) is 11.3 Å². The number of nitrogens with one attached hydrogen (secondary N) is 1. The fourth-order valence-corrected chi connectivity index (χ4v) is 5.37. The standard InChI is InChI=1S/C21H22N4O3S2/c1-24(30(27,28)19-3-2-10-22-13-19)15-21(26)23-17-4-6-18(7-5-17)25-11-8-20-16(14-25)9-12-29-20/h2-7,9-10,12-13H,8,11,14-15H2,1H3,(H,23,26). The van der Waals surface area contributed by atoms with Gasteiger partial charge in [0, 0.05) is 48.8 Å². The van der Waals surface area contributed by atoms with Crippen molar-refractivity contribution in [1.29, 1.82) is 0 Å². The van der Waals surface area contributed by atoms with Gasteiger partial charge in [0.2, 0.25) is 15.9 Å². The molecule has 1 aliphatic rings. The van der Waals surface area contributed by atoms with Gasteiger partial charge >= 0.3 is 0 Å². The van der Waals surface area contributed by atoms with E-state index in [9.17, 15) is 13.2 Å². The molecule has 0 radical (unpaired) electrons. The number of nitrogens with zero attached hydrogens (tertiary/aromatic N) is 3. The maximum Gasteiger partial charge on any atom is 0.244 e. The monoisotopic (exact) mass is 442 g/mol. The molecule has 4 rings (SSSR count). The Morgan fingerprint density at radius 1 is 1.23 bits per heavy atom. The maximum absolute atomic E-state index is 12.5. The van der Waals surface area contributed by atoms with Crippen LogP contribution in [0.4, 0.5) is 11.4 Å². The summed E-state index contributed by atoms with van der Waals surface area (Å²) in [5.41, 5.74) is 3.10. The van der Waals surface area contributed by atoms with Crippen LogP contribution in [0.1, 0.15) is 10.4 Å². The zero-order valence-corrected chi connectivity index (χ0v) is 18.1. The van der Waals surface area contributed by atoms with E-state index in [0.29, 0.717) is 5.69 Å². The third kappa shape index (κ3) is 4.38. The van der Waals surface area contributed by atoms with E-state index in [2.05, 4.69) is 26.6 Å². The molecule has 0 spiro atoms. The molecule has 30 heavy (non-hydrogen) atoms. The van der Waals surface area contributed by atoms with Gasteiger partial charge in [0.25, 0.3) is 0 Å². The van der Waals surface area contributed by atoms with Crippen molar-refractivity contribution in [2.75, 3.05) is 30.4 Å². The first-order chi connectivity index (χ1) is 14.4. The van der Waals surface area contributed by atoms with Crippen LogP contribution in [0.3, 0.4) is 0 Å². The molecule has 7 nitrogen and oxygen atoms in total. The largest absolute Gasteiger partial charge is 0.367 e. The molecular weight excluding hydrogens is 420 g/mol. The van der Waals surface area contributed by atoms with E-state index in [4.69, 9.17) is 0 Å². The lowest BCUT2D eigenvalue weighted by molar-refractivity contribution is -0.116. The van der Waals surface area contributed by atoms with Crippen molar-refractivity contribution in [2.45, 2.75) is 17.9 Å². The molecule has 3 heterocycles. The van der Waals surface area contributed by atoms with Crippen LogP contribution in [-0.2, 0) is 27.8 Å². The number of rotatable bonds is 6. The van der Waals surface area contributed by atoms with Crippen molar-refractivity contribution < 1.29 is 13.2 Å². The molecule has 0 fully saturated rings. The molecule has 156 valence electrons. The number of pyridine rings is 1. The average molecular weight is 443 g/mol. The maximum atomic E-state index is 12.5. The second-order valence-corrected chi connectivity index (χ2v) is 10.1. The van der Waals surface area contributed by atoms with Gasteiger partial charge in [0.1, 0.15) is 4.90 Å². The number of thiophene rings is 1. The predicted octanol–water partition coefficient (Wildman–Crippen LogP) is 2.97. The highest BCUT2D eigenvalue weighted by Gasteiger charge is 2.23. The highest BCUT2D eigenvalue weighted by Crippen LogP contribution is 2.28. The molecule has 0 aliphatic carbocycles. The summed E-state index contributed by atoms with van der Waals surface area (Å²) in [5, 5.41) is 4.90. The van der Waals surface area contributed by atoms with E-state index in [0.717, 1.165) is 29.5 Å². The van der Waals surface area contributed by atoms with E-state index >= 15 is 0 Å². The second-order valence-electron chi connectivity index (χ2n) is 7.09. The smallest absolute Gasteiger partial charge is 0.244 e. The van der Waals surface area contributed by atoms with Crippen LogP contribution in [0.25, 0.3) is 0 Å². The molecule has 3 aromatic rings. The summed E-state index contributed by atoms with van der Waals surface area (Å²) >= 11 is 1.81. The van der Waals surface area contributed by atoms with Gasteiger partial charge in [-0.25, -0.2) is 8.42 Å². The van der Waals surface area contributed by atoms with Gasteiger partial charge in [-0.3, -0.25) is 9.78 Å². The molecule has 9 heteroatoms. The van der Waals surface area contributed by atoms with Crippen LogP contribution in [0.15, 0.2) is 65.1 Å². The van der Waals surface area contributed by atoms with Gasteiger partial charge < -0.3 is 10.2 Å². The minimum absolute atomic E-state index is 0.0555. The Labute approximate surface area is 180 Å². The number of fused-ring (bicyclic) bond motifs is 1. The zero-order chi connectivity index (χ0) is 21.1. The van der Waals surface area contributed by atoms with E-state index in [1.54, 1.807) is 6.07 Å². The summed E-state index contributed by atoms with van der Waals surface area (Å²) in [5.74, 6) is -0.404. The third-order valence-electron chi connectivity index (χ3n) is 5.03. The molecule has 1 N–H and O–H groups in total. The highest BCUT2D eigenvalue weighted by molar-refractivity contribution is 7.89. The van der Waals surface area contributed by atoms with Crippen LogP contribution in [0.2, 0.25) is 0 Å². The molecule has 1 aromatic carbocycles. The number of benzene rings is 1. The summed E-state index contributed by atoms with van der Waals surface area (Å²) in [6, 6.07) is 12.8. The molecule has 1 aliphatic heterocycles. The zero-order valence-electron chi connectivity index (χ0n) is 16.5. The summed E-state index contributed by atoms with van der Waals surface area (Å²) in [7, 11) is -2.39. The Hall–Kier alpha value is -2.75. The van der Waals surface area contributed by atoms with Crippen LogP contribution in [0.5, 0.6) is 0 Å². The van der Waals surface area contributed by atoms with Gasteiger partial charge in [0.05, 0.1) is 6.54 Å². The first-order valence-electron chi connectivity index (χ1n) is 9.50. The SMILES string of the molecule is CN(CC(=O)Nc1ccc(N2CCc3sccc3C2)cc1)S(=O)(=O)c1cccnc1. The lowest BCUT2D eigenvalue weighted by Gasteiger charge is -2.29. The van der Waals surface area contributed by atoms with Gasteiger partial charge in [0.15, 0.2) is 0 Å². The molecule has 0 saturated carbocycles. The van der Waals surface area contributed by atoms with Crippen molar-refractivity contribution in [3.8, 4) is 0 Å². The molecule has 0 atom stereocenters.